The second-order valence-electron chi connectivity index (χ2n) is 10.6. The summed E-state index contributed by atoms with van der Waals surface area (Å²) < 4.78 is 4.75. The summed E-state index contributed by atoms with van der Waals surface area (Å²) in [4.78, 5) is 12.4. The van der Waals surface area contributed by atoms with Crippen molar-refractivity contribution in [2.75, 3.05) is 0 Å². The van der Waals surface area contributed by atoms with Gasteiger partial charge in [-0.15, -0.1) is 0 Å². The van der Waals surface area contributed by atoms with Gasteiger partial charge in [-0.1, -0.05) is 0 Å². The second kappa shape index (κ2) is 22.6. The number of hydrazine groups is 1. The maximum atomic E-state index is 12.4. The normalized spacial score (nSPS) is 12.3. The van der Waals surface area contributed by atoms with Crippen molar-refractivity contribution in [2.45, 2.75) is 149 Å². The number of nitrogen functional groups attached to an aromatic ring is 1. The van der Waals surface area contributed by atoms with Gasteiger partial charge < -0.3 is 0 Å². The molecule has 1 atom stereocenters. The molecule has 0 aliphatic carbocycles. The van der Waals surface area contributed by atoms with E-state index in [0.29, 0.717) is 5.92 Å². The van der Waals surface area contributed by atoms with Crippen molar-refractivity contribution in [1.82, 2.24) is 5.43 Å². The molecule has 0 spiro atoms. The Bertz CT molecular complexity index is 620. The van der Waals surface area contributed by atoms with E-state index in [4.69, 9.17) is 5.84 Å². The van der Waals surface area contributed by atoms with Gasteiger partial charge in [0, 0.05) is 0 Å². The fraction of sp³-hybridized carbons (Fsp3) is 0.774. The van der Waals surface area contributed by atoms with Crippen LogP contribution in [0.25, 0.3) is 0 Å². The third-order valence-corrected chi connectivity index (χ3v) is 16.6. The van der Waals surface area contributed by atoms with Crippen LogP contribution in [0.3, 0.4) is 0 Å². The van der Waals surface area contributed by atoms with Gasteiger partial charge in [-0.05, 0) is 0 Å². The zero-order valence-corrected chi connectivity index (χ0v) is 26.4. The van der Waals surface area contributed by atoms with Crippen LogP contribution < -0.4 is 11.3 Å². The van der Waals surface area contributed by atoms with Crippen LogP contribution in [0.2, 0.25) is 13.3 Å². The van der Waals surface area contributed by atoms with Gasteiger partial charge >= 0.3 is 226 Å². The first-order chi connectivity index (χ1) is 17.2. The van der Waals surface area contributed by atoms with Crippen LogP contribution >= 0.6 is 0 Å². The average Bonchev–Trinajstić information content (AvgIpc) is 2.89. The SMILES string of the molecule is CCCCCCC[CH2][Sn]([CH2]CCCCCCC)[CH2]CCC(CCCC)c1ccccc1C(=O)NN. The van der Waals surface area contributed by atoms with Gasteiger partial charge in [-0.3, -0.25) is 0 Å². The number of benzene rings is 1. The summed E-state index contributed by atoms with van der Waals surface area (Å²) in [5, 5.41) is 0. The molecule has 0 aliphatic heterocycles. The molecule has 0 aliphatic rings. The Labute approximate surface area is 225 Å². The van der Waals surface area contributed by atoms with Gasteiger partial charge in [-0.25, -0.2) is 0 Å². The zero-order valence-electron chi connectivity index (χ0n) is 23.5. The van der Waals surface area contributed by atoms with Crippen LogP contribution in [-0.4, -0.2) is 25.7 Å². The van der Waals surface area contributed by atoms with E-state index in [1.807, 2.05) is 12.1 Å². The molecular weight excluding hydrogens is 535 g/mol. The number of carbonyl (C=O) groups excluding carboxylic acids is 1. The Balaban J connectivity index is 2.64. The molecule has 0 aromatic heterocycles. The molecular formula is C31H57N2OSn. The average molecular weight is 593 g/mol. The minimum atomic E-state index is -1.31. The number of hydrogen-bond donors (Lipinski definition) is 2. The molecule has 0 bridgehead atoms. The predicted molar refractivity (Wildman–Crippen MR) is 157 cm³/mol. The summed E-state index contributed by atoms with van der Waals surface area (Å²) in [5.74, 6) is 5.82. The Morgan fingerprint density at radius 2 is 1.20 bits per heavy atom. The molecule has 201 valence electrons. The van der Waals surface area contributed by atoms with Gasteiger partial charge in [-0.2, -0.15) is 0 Å². The summed E-state index contributed by atoms with van der Waals surface area (Å²) in [6, 6.07) is 8.14. The van der Waals surface area contributed by atoms with Crippen molar-refractivity contribution in [2.24, 2.45) is 5.84 Å². The molecule has 0 fully saturated rings. The van der Waals surface area contributed by atoms with Crippen molar-refractivity contribution in [1.29, 1.82) is 0 Å². The van der Waals surface area contributed by atoms with Crippen molar-refractivity contribution in [3.63, 3.8) is 0 Å². The summed E-state index contributed by atoms with van der Waals surface area (Å²) in [6.07, 6.45) is 23.4. The summed E-state index contributed by atoms with van der Waals surface area (Å²) in [7, 11) is 0. The molecule has 1 amide bonds. The number of amides is 1. The van der Waals surface area contributed by atoms with Crippen LogP contribution in [0.5, 0.6) is 0 Å². The van der Waals surface area contributed by atoms with Crippen molar-refractivity contribution in [3.8, 4) is 0 Å². The van der Waals surface area contributed by atoms with Crippen LogP contribution in [0.1, 0.15) is 152 Å². The number of unbranched alkanes of at least 4 members (excludes halogenated alkanes) is 11. The van der Waals surface area contributed by atoms with E-state index in [1.54, 1.807) is 13.3 Å². The number of nitrogens with one attached hydrogen (secondary N) is 1. The molecule has 3 N–H and O–H groups in total. The molecule has 1 radical (unpaired) electrons. The van der Waals surface area contributed by atoms with E-state index < -0.39 is 19.8 Å². The standard InChI is InChI=1S/C15H23N2O.2C8H17.Sn/c1-3-5-9-12(8-4-2)13-10-6-7-11-14(13)15(18)17-16;2*1-3-5-7-8-6-4-2;/h6-7,10-12H,2-5,8-9,16H2,1H3,(H,17,18);2*1,3-8H2,2H3;. The van der Waals surface area contributed by atoms with Gasteiger partial charge in [0.2, 0.25) is 0 Å². The third-order valence-electron chi connectivity index (χ3n) is 7.53. The Hall–Kier alpha value is -0.551. The number of carbonyl (C=O) groups is 1. The van der Waals surface area contributed by atoms with Crippen molar-refractivity contribution in [3.05, 3.63) is 35.4 Å². The fourth-order valence-electron chi connectivity index (χ4n) is 5.33. The molecule has 0 saturated heterocycles. The first kappa shape index (κ1) is 32.5. The molecule has 1 unspecified atom stereocenters. The molecule has 35 heavy (non-hydrogen) atoms. The van der Waals surface area contributed by atoms with Gasteiger partial charge in [0.15, 0.2) is 0 Å². The molecule has 1 aromatic rings. The molecule has 4 heteroatoms. The van der Waals surface area contributed by atoms with E-state index in [0.717, 1.165) is 5.56 Å². The van der Waals surface area contributed by atoms with E-state index in [1.165, 1.54) is 115 Å². The van der Waals surface area contributed by atoms with Gasteiger partial charge in [0.05, 0.1) is 0 Å². The topological polar surface area (TPSA) is 55.1 Å². The maximum absolute atomic E-state index is 12.4. The third kappa shape index (κ3) is 15.3. The summed E-state index contributed by atoms with van der Waals surface area (Å²) in [6.45, 7) is 6.88. The first-order valence-corrected chi connectivity index (χ1v) is 21.2. The van der Waals surface area contributed by atoms with Crippen LogP contribution in [-0.2, 0) is 0 Å². The molecule has 0 saturated carbocycles. The van der Waals surface area contributed by atoms with Gasteiger partial charge in [0.1, 0.15) is 0 Å². The van der Waals surface area contributed by atoms with Crippen LogP contribution in [0.4, 0.5) is 0 Å². The molecule has 1 rings (SSSR count). The fourth-order valence-corrected chi connectivity index (χ4v) is 13.8. The van der Waals surface area contributed by atoms with E-state index in [9.17, 15) is 4.79 Å². The van der Waals surface area contributed by atoms with Gasteiger partial charge in [0.25, 0.3) is 0 Å². The number of rotatable bonds is 23. The molecule has 0 heterocycles. The summed E-state index contributed by atoms with van der Waals surface area (Å²) >= 11 is -1.31. The predicted octanol–water partition coefficient (Wildman–Crippen LogP) is 9.56. The zero-order chi connectivity index (χ0) is 25.6. The van der Waals surface area contributed by atoms with E-state index in [2.05, 4.69) is 38.3 Å². The second-order valence-corrected chi connectivity index (χ2v) is 19.1. The van der Waals surface area contributed by atoms with Crippen molar-refractivity contribution < 1.29 is 4.79 Å². The minimum absolute atomic E-state index is 0.149. The van der Waals surface area contributed by atoms with E-state index >= 15 is 0 Å². The summed E-state index contributed by atoms with van der Waals surface area (Å²) in [5.41, 5.74) is 4.34. The molecule has 3 nitrogen and oxygen atoms in total. The number of nitrogens with two attached hydrogens (primary N) is 1. The Kier molecular flexibility index (Phi) is 21.0. The van der Waals surface area contributed by atoms with E-state index in [-0.39, 0.29) is 5.91 Å². The Morgan fingerprint density at radius 3 is 1.77 bits per heavy atom. The van der Waals surface area contributed by atoms with Crippen molar-refractivity contribution >= 4 is 25.7 Å². The van der Waals surface area contributed by atoms with Crippen LogP contribution in [0, 0.1) is 0 Å². The number of hydrogen-bond acceptors (Lipinski definition) is 2. The van der Waals surface area contributed by atoms with Crippen LogP contribution in [0.15, 0.2) is 24.3 Å². The monoisotopic (exact) mass is 593 g/mol. The molecule has 1 aromatic carbocycles. The Morgan fingerprint density at radius 1 is 0.714 bits per heavy atom. The quantitative estimate of drug-likeness (QED) is 0.0437. The first-order valence-electron chi connectivity index (χ1n) is 15.1.